The summed E-state index contributed by atoms with van der Waals surface area (Å²) in [5.74, 6) is 0. The Morgan fingerprint density at radius 2 is 2.00 bits per heavy atom. The second-order valence-electron chi connectivity index (χ2n) is 5.91. The maximum absolute atomic E-state index is 5.71. The van der Waals surface area contributed by atoms with Gasteiger partial charge in [-0.15, -0.1) is 0 Å². The maximum atomic E-state index is 5.71. The molecule has 3 saturated heterocycles. The molecule has 0 amide bonds. The lowest BCUT2D eigenvalue weighted by Gasteiger charge is -2.44. The first kappa shape index (κ1) is 11.9. The highest BCUT2D eigenvalue weighted by atomic mass is 16.5. The molecular weight excluding hydrogens is 212 g/mol. The van der Waals surface area contributed by atoms with Crippen LogP contribution in [0.25, 0.3) is 0 Å². The van der Waals surface area contributed by atoms with Crippen LogP contribution in [0.15, 0.2) is 0 Å². The van der Waals surface area contributed by atoms with Gasteiger partial charge in [0.15, 0.2) is 0 Å². The van der Waals surface area contributed by atoms with Crippen LogP contribution in [0.2, 0.25) is 0 Å². The molecule has 0 radical (unpaired) electrons. The maximum Gasteiger partial charge on any atom is 0.0588 e. The van der Waals surface area contributed by atoms with Gasteiger partial charge in [0.2, 0.25) is 0 Å². The van der Waals surface area contributed by atoms with Crippen molar-refractivity contribution >= 4 is 0 Å². The van der Waals surface area contributed by atoms with Crippen molar-refractivity contribution in [3.63, 3.8) is 0 Å². The lowest BCUT2D eigenvalue weighted by atomic mass is 9.99. The van der Waals surface area contributed by atoms with Crippen LogP contribution in [0.3, 0.4) is 0 Å². The zero-order valence-corrected chi connectivity index (χ0v) is 10.9. The van der Waals surface area contributed by atoms with Gasteiger partial charge in [-0.2, -0.15) is 0 Å². The lowest BCUT2D eigenvalue weighted by molar-refractivity contribution is 0.0360. The molecule has 0 aromatic heterocycles. The Morgan fingerprint density at radius 3 is 2.88 bits per heavy atom. The molecule has 3 fully saturated rings. The summed E-state index contributed by atoms with van der Waals surface area (Å²) in [6, 6.07) is 0.863. The number of rotatable bonds is 3. The van der Waals surface area contributed by atoms with Crippen LogP contribution < -0.4 is 0 Å². The monoisotopic (exact) mass is 238 g/mol. The third-order valence-corrected chi connectivity index (χ3v) is 4.71. The summed E-state index contributed by atoms with van der Waals surface area (Å²) in [6.45, 7) is 7.51. The highest BCUT2D eigenvalue weighted by Gasteiger charge is 2.29. The van der Waals surface area contributed by atoms with Crippen LogP contribution in [0.1, 0.15) is 38.5 Å². The molecule has 0 aromatic rings. The van der Waals surface area contributed by atoms with Gasteiger partial charge >= 0.3 is 0 Å². The van der Waals surface area contributed by atoms with Crippen molar-refractivity contribution in [2.24, 2.45) is 0 Å². The van der Waals surface area contributed by atoms with Crippen molar-refractivity contribution in [1.82, 2.24) is 9.80 Å². The van der Waals surface area contributed by atoms with Crippen molar-refractivity contribution in [2.75, 3.05) is 39.3 Å². The predicted octanol–water partition coefficient (Wildman–Crippen LogP) is 1.73. The van der Waals surface area contributed by atoms with E-state index in [1.807, 2.05) is 0 Å². The van der Waals surface area contributed by atoms with Crippen LogP contribution >= 0.6 is 0 Å². The van der Waals surface area contributed by atoms with Crippen LogP contribution in [-0.4, -0.2) is 61.3 Å². The van der Waals surface area contributed by atoms with E-state index in [1.54, 1.807) is 0 Å². The van der Waals surface area contributed by atoms with E-state index >= 15 is 0 Å². The van der Waals surface area contributed by atoms with E-state index in [2.05, 4.69) is 9.80 Å². The molecule has 0 saturated carbocycles. The fourth-order valence-electron chi connectivity index (χ4n) is 3.62. The molecule has 3 nitrogen and oxygen atoms in total. The zero-order chi connectivity index (χ0) is 11.5. The van der Waals surface area contributed by atoms with Crippen LogP contribution in [0.4, 0.5) is 0 Å². The molecule has 17 heavy (non-hydrogen) atoms. The summed E-state index contributed by atoms with van der Waals surface area (Å²) in [5, 5.41) is 0. The van der Waals surface area contributed by atoms with Crippen LogP contribution in [0, 0.1) is 0 Å². The molecule has 98 valence electrons. The van der Waals surface area contributed by atoms with E-state index < -0.39 is 0 Å². The first-order valence-electron chi connectivity index (χ1n) is 7.50. The first-order valence-corrected chi connectivity index (χ1v) is 7.50. The molecule has 2 unspecified atom stereocenters. The van der Waals surface area contributed by atoms with E-state index in [-0.39, 0.29) is 0 Å². The number of ether oxygens (including phenoxy) is 1. The van der Waals surface area contributed by atoms with Gasteiger partial charge in [0.1, 0.15) is 0 Å². The topological polar surface area (TPSA) is 15.7 Å². The number of nitrogens with zero attached hydrogens (tertiary/aromatic N) is 2. The Balaban J connectivity index is 1.42. The first-order chi connectivity index (χ1) is 8.42. The largest absolute Gasteiger partial charge is 0.378 e. The average Bonchev–Trinajstić information content (AvgIpc) is 2.89. The Kier molecular flexibility index (Phi) is 3.99. The second kappa shape index (κ2) is 5.68. The number of fused-ring (bicyclic) bond motifs is 1. The Bertz CT molecular complexity index is 240. The second-order valence-corrected chi connectivity index (χ2v) is 5.91. The molecule has 3 aliphatic rings. The third kappa shape index (κ3) is 3.01. The molecular formula is C14H26N2O. The number of hydrogen-bond donors (Lipinski definition) is 0. The Morgan fingerprint density at radius 1 is 1.00 bits per heavy atom. The highest BCUT2D eigenvalue weighted by molar-refractivity contribution is 4.85. The zero-order valence-electron chi connectivity index (χ0n) is 10.9. The lowest BCUT2D eigenvalue weighted by Crippen LogP contribution is -2.55. The predicted molar refractivity (Wildman–Crippen MR) is 69.2 cm³/mol. The van der Waals surface area contributed by atoms with Gasteiger partial charge in [-0.25, -0.2) is 0 Å². The molecule has 3 aliphatic heterocycles. The Hall–Kier alpha value is -0.120. The summed E-state index contributed by atoms with van der Waals surface area (Å²) < 4.78 is 5.71. The number of hydrogen-bond acceptors (Lipinski definition) is 3. The minimum Gasteiger partial charge on any atom is -0.378 e. The van der Waals surface area contributed by atoms with Gasteiger partial charge in [0.05, 0.1) is 6.10 Å². The van der Waals surface area contributed by atoms with Crippen LogP contribution in [-0.2, 0) is 4.74 Å². The molecule has 0 spiro atoms. The van der Waals surface area contributed by atoms with E-state index in [0.29, 0.717) is 6.10 Å². The van der Waals surface area contributed by atoms with E-state index in [4.69, 9.17) is 4.74 Å². The third-order valence-electron chi connectivity index (χ3n) is 4.71. The van der Waals surface area contributed by atoms with Crippen molar-refractivity contribution < 1.29 is 4.74 Å². The molecule has 3 heterocycles. The number of piperidine rings is 1. The molecule has 0 aliphatic carbocycles. The Labute approximate surface area is 105 Å². The smallest absolute Gasteiger partial charge is 0.0588 e. The van der Waals surface area contributed by atoms with Gasteiger partial charge in [-0.1, -0.05) is 6.42 Å². The van der Waals surface area contributed by atoms with Crippen molar-refractivity contribution in [3.05, 3.63) is 0 Å². The highest BCUT2D eigenvalue weighted by Crippen LogP contribution is 2.22. The minimum atomic E-state index is 0.569. The molecule has 3 heteroatoms. The summed E-state index contributed by atoms with van der Waals surface area (Å²) in [4.78, 5) is 5.39. The van der Waals surface area contributed by atoms with Gasteiger partial charge in [-0.05, 0) is 38.6 Å². The van der Waals surface area contributed by atoms with Gasteiger partial charge in [0.25, 0.3) is 0 Å². The molecule has 2 atom stereocenters. The quantitative estimate of drug-likeness (QED) is 0.744. The molecule has 0 bridgehead atoms. The summed E-state index contributed by atoms with van der Waals surface area (Å²) in [5.41, 5.74) is 0. The van der Waals surface area contributed by atoms with Gasteiger partial charge in [0, 0.05) is 38.8 Å². The normalized spacial score (nSPS) is 36.0. The van der Waals surface area contributed by atoms with Crippen molar-refractivity contribution in [2.45, 2.75) is 50.7 Å². The summed E-state index contributed by atoms with van der Waals surface area (Å²) in [6.07, 6.45) is 8.69. The summed E-state index contributed by atoms with van der Waals surface area (Å²) >= 11 is 0. The van der Waals surface area contributed by atoms with Crippen molar-refractivity contribution in [1.29, 1.82) is 0 Å². The fraction of sp³-hybridized carbons (Fsp3) is 1.00. The van der Waals surface area contributed by atoms with Crippen molar-refractivity contribution in [3.8, 4) is 0 Å². The van der Waals surface area contributed by atoms with Gasteiger partial charge < -0.3 is 9.64 Å². The SMILES string of the molecule is C1COC(CCN2CCN3CCCCC3C2)C1. The summed E-state index contributed by atoms with van der Waals surface area (Å²) in [7, 11) is 0. The van der Waals surface area contributed by atoms with Crippen LogP contribution in [0.5, 0.6) is 0 Å². The molecule has 3 rings (SSSR count). The fourth-order valence-corrected chi connectivity index (χ4v) is 3.62. The minimum absolute atomic E-state index is 0.569. The molecule has 0 N–H and O–H groups in total. The molecule has 0 aromatic carbocycles. The average molecular weight is 238 g/mol. The van der Waals surface area contributed by atoms with E-state index in [0.717, 1.165) is 12.6 Å². The standard InChI is InChI=1S/C14H26N2O/c1-2-7-16-10-9-15(12-13(16)4-1)8-6-14-5-3-11-17-14/h13-14H,1-12H2. The van der Waals surface area contributed by atoms with E-state index in [1.165, 1.54) is 71.2 Å². The van der Waals surface area contributed by atoms with E-state index in [9.17, 15) is 0 Å². The number of piperazine rings is 1. The van der Waals surface area contributed by atoms with Gasteiger partial charge in [-0.3, -0.25) is 4.90 Å².